The molecule has 1 aromatic carbocycles. The predicted octanol–water partition coefficient (Wildman–Crippen LogP) is 4.29. The van der Waals surface area contributed by atoms with Gasteiger partial charge in [-0.15, -0.1) is 11.3 Å². The Balaban J connectivity index is 1.42. The first-order valence-corrected chi connectivity index (χ1v) is 9.68. The number of ether oxygens (including phenoxy) is 2. The summed E-state index contributed by atoms with van der Waals surface area (Å²) in [6, 6.07) is 9.28. The summed E-state index contributed by atoms with van der Waals surface area (Å²) in [6.07, 6.45) is 0. The SMILES string of the molecule is COc1ccccc1-c1noc(COC(=O)c2csc(-c3ccsc3)n2)n1. The van der Waals surface area contributed by atoms with E-state index >= 15 is 0 Å². The van der Waals surface area contributed by atoms with Gasteiger partial charge in [0.25, 0.3) is 5.89 Å². The number of carbonyl (C=O) groups is 1. The van der Waals surface area contributed by atoms with E-state index in [1.54, 1.807) is 29.9 Å². The number of esters is 1. The Morgan fingerprint density at radius 1 is 1.19 bits per heavy atom. The minimum absolute atomic E-state index is 0.133. The molecule has 136 valence electrons. The van der Waals surface area contributed by atoms with Crippen LogP contribution >= 0.6 is 22.7 Å². The standard InChI is InChI=1S/C18H13N3O4S2/c1-23-14-5-3-2-4-12(14)16-20-15(25-21-16)8-24-18(22)13-10-27-17(19-13)11-6-7-26-9-11/h2-7,9-10H,8H2,1H3. The maximum atomic E-state index is 12.2. The highest BCUT2D eigenvalue weighted by Gasteiger charge is 2.17. The topological polar surface area (TPSA) is 87.3 Å². The summed E-state index contributed by atoms with van der Waals surface area (Å²) in [5.41, 5.74) is 1.94. The van der Waals surface area contributed by atoms with Crippen molar-refractivity contribution in [3.63, 3.8) is 0 Å². The van der Waals surface area contributed by atoms with E-state index in [0.717, 1.165) is 10.6 Å². The summed E-state index contributed by atoms with van der Waals surface area (Å²) in [7, 11) is 1.57. The second-order valence-electron chi connectivity index (χ2n) is 5.34. The van der Waals surface area contributed by atoms with Gasteiger partial charge >= 0.3 is 5.97 Å². The van der Waals surface area contributed by atoms with Crippen LogP contribution in [0.25, 0.3) is 22.0 Å². The third-order valence-electron chi connectivity index (χ3n) is 3.62. The average molecular weight is 399 g/mol. The highest BCUT2D eigenvalue weighted by molar-refractivity contribution is 7.14. The lowest BCUT2D eigenvalue weighted by Crippen LogP contribution is -2.05. The summed E-state index contributed by atoms with van der Waals surface area (Å²) in [6.45, 7) is -0.133. The number of benzene rings is 1. The number of hydrogen-bond donors (Lipinski definition) is 0. The van der Waals surface area contributed by atoms with Gasteiger partial charge in [-0.3, -0.25) is 0 Å². The summed E-state index contributed by atoms with van der Waals surface area (Å²) >= 11 is 2.97. The van der Waals surface area contributed by atoms with Crippen molar-refractivity contribution >= 4 is 28.6 Å². The van der Waals surface area contributed by atoms with Crippen LogP contribution in [0, 0.1) is 0 Å². The van der Waals surface area contributed by atoms with Crippen molar-refractivity contribution in [2.75, 3.05) is 7.11 Å². The molecule has 0 atom stereocenters. The normalized spacial score (nSPS) is 10.7. The Bertz CT molecular complexity index is 1060. The predicted molar refractivity (Wildman–Crippen MR) is 101 cm³/mol. The van der Waals surface area contributed by atoms with E-state index in [-0.39, 0.29) is 18.2 Å². The van der Waals surface area contributed by atoms with Crippen LogP contribution in [0.4, 0.5) is 0 Å². The van der Waals surface area contributed by atoms with E-state index in [9.17, 15) is 4.79 Å². The van der Waals surface area contributed by atoms with Crippen LogP contribution in [0.5, 0.6) is 5.75 Å². The van der Waals surface area contributed by atoms with E-state index in [1.807, 2.05) is 35.0 Å². The molecule has 0 saturated heterocycles. The van der Waals surface area contributed by atoms with Crippen molar-refractivity contribution in [1.29, 1.82) is 0 Å². The second-order valence-corrected chi connectivity index (χ2v) is 6.98. The van der Waals surface area contributed by atoms with Gasteiger partial charge in [0, 0.05) is 16.3 Å². The molecular formula is C18H13N3O4S2. The van der Waals surface area contributed by atoms with Gasteiger partial charge in [0.15, 0.2) is 12.3 Å². The maximum Gasteiger partial charge on any atom is 0.358 e. The van der Waals surface area contributed by atoms with Gasteiger partial charge in [-0.25, -0.2) is 9.78 Å². The van der Waals surface area contributed by atoms with Crippen LogP contribution in [0.3, 0.4) is 0 Å². The summed E-state index contributed by atoms with van der Waals surface area (Å²) < 4.78 is 15.7. The first-order valence-electron chi connectivity index (χ1n) is 7.86. The summed E-state index contributed by atoms with van der Waals surface area (Å²) in [5.74, 6) is 0.652. The number of hydrogen-bond acceptors (Lipinski definition) is 9. The molecule has 0 aliphatic carbocycles. The lowest BCUT2D eigenvalue weighted by atomic mass is 10.2. The van der Waals surface area contributed by atoms with Crippen molar-refractivity contribution in [3.8, 4) is 27.7 Å². The zero-order chi connectivity index (χ0) is 18.6. The molecule has 0 bridgehead atoms. The molecule has 0 unspecified atom stereocenters. The first kappa shape index (κ1) is 17.4. The quantitative estimate of drug-likeness (QED) is 0.447. The lowest BCUT2D eigenvalue weighted by molar-refractivity contribution is 0.0424. The smallest absolute Gasteiger partial charge is 0.358 e. The molecule has 0 saturated carbocycles. The molecular weight excluding hydrogens is 386 g/mol. The van der Waals surface area contributed by atoms with Crippen LogP contribution in [-0.2, 0) is 11.3 Å². The highest BCUT2D eigenvalue weighted by atomic mass is 32.1. The average Bonchev–Trinajstić information content (AvgIpc) is 3.47. The fourth-order valence-electron chi connectivity index (χ4n) is 2.34. The Hall–Kier alpha value is -3.04. The third-order valence-corrected chi connectivity index (χ3v) is 5.20. The summed E-state index contributed by atoms with van der Waals surface area (Å²) in [5, 5.41) is 10.3. The van der Waals surface area contributed by atoms with E-state index in [4.69, 9.17) is 14.0 Å². The molecule has 3 heterocycles. The van der Waals surface area contributed by atoms with Crippen molar-refractivity contribution in [3.05, 3.63) is 58.1 Å². The zero-order valence-corrected chi connectivity index (χ0v) is 15.8. The molecule has 0 aliphatic heterocycles. The number of thiazole rings is 1. The van der Waals surface area contributed by atoms with Crippen molar-refractivity contribution < 1.29 is 18.8 Å². The van der Waals surface area contributed by atoms with Gasteiger partial charge in [0.05, 0.1) is 12.7 Å². The number of methoxy groups -OCH3 is 1. The fraction of sp³-hybridized carbons (Fsp3) is 0.111. The Morgan fingerprint density at radius 2 is 2.07 bits per heavy atom. The minimum atomic E-state index is -0.537. The van der Waals surface area contributed by atoms with E-state index in [0.29, 0.717) is 17.1 Å². The van der Waals surface area contributed by atoms with Crippen molar-refractivity contribution in [2.24, 2.45) is 0 Å². The van der Waals surface area contributed by atoms with Gasteiger partial charge in [-0.2, -0.15) is 16.3 Å². The number of aromatic nitrogens is 3. The maximum absolute atomic E-state index is 12.2. The van der Waals surface area contributed by atoms with Gasteiger partial charge in [0.1, 0.15) is 10.8 Å². The molecule has 4 rings (SSSR count). The van der Waals surface area contributed by atoms with Crippen LogP contribution in [0.1, 0.15) is 16.4 Å². The highest BCUT2D eigenvalue weighted by Crippen LogP contribution is 2.28. The van der Waals surface area contributed by atoms with Gasteiger partial charge in [-0.1, -0.05) is 17.3 Å². The van der Waals surface area contributed by atoms with Crippen molar-refractivity contribution in [1.82, 2.24) is 15.1 Å². The Morgan fingerprint density at radius 3 is 2.89 bits per heavy atom. The Labute approximate surface area is 162 Å². The molecule has 7 nitrogen and oxygen atoms in total. The second kappa shape index (κ2) is 7.68. The zero-order valence-electron chi connectivity index (χ0n) is 14.1. The molecule has 9 heteroatoms. The Kier molecular flexibility index (Phi) is 4.95. The van der Waals surface area contributed by atoms with Crippen LogP contribution in [0.2, 0.25) is 0 Å². The molecule has 0 aliphatic rings. The molecule has 0 fully saturated rings. The van der Waals surface area contributed by atoms with Gasteiger partial charge < -0.3 is 14.0 Å². The molecule has 0 amide bonds. The summed E-state index contributed by atoms with van der Waals surface area (Å²) in [4.78, 5) is 20.7. The molecule has 27 heavy (non-hydrogen) atoms. The minimum Gasteiger partial charge on any atom is -0.496 e. The fourth-order valence-corrected chi connectivity index (χ4v) is 3.84. The van der Waals surface area contributed by atoms with Crippen LogP contribution in [-0.4, -0.2) is 28.2 Å². The third kappa shape index (κ3) is 3.74. The lowest BCUT2D eigenvalue weighted by Gasteiger charge is -2.03. The largest absolute Gasteiger partial charge is 0.496 e. The van der Waals surface area contributed by atoms with Crippen LogP contribution in [0.15, 0.2) is 51.0 Å². The number of nitrogens with zero attached hydrogens (tertiary/aromatic N) is 3. The molecule has 0 spiro atoms. The molecule has 0 N–H and O–H groups in total. The number of carbonyl (C=O) groups excluding carboxylic acids is 1. The number of rotatable bonds is 6. The molecule has 0 radical (unpaired) electrons. The molecule has 4 aromatic rings. The number of thiophene rings is 1. The van der Waals surface area contributed by atoms with Crippen molar-refractivity contribution in [2.45, 2.75) is 6.61 Å². The van der Waals surface area contributed by atoms with E-state index in [1.165, 1.54) is 11.3 Å². The first-order chi connectivity index (χ1) is 13.2. The van der Waals surface area contributed by atoms with E-state index < -0.39 is 5.97 Å². The number of para-hydroxylation sites is 1. The van der Waals surface area contributed by atoms with Crippen LogP contribution < -0.4 is 4.74 Å². The van der Waals surface area contributed by atoms with Gasteiger partial charge in [-0.05, 0) is 23.6 Å². The van der Waals surface area contributed by atoms with E-state index in [2.05, 4.69) is 15.1 Å². The molecule has 3 aromatic heterocycles. The monoisotopic (exact) mass is 399 g/mol. The van der Waals surface area contributed by atoms with Gasteiger partial charge in [0.2, 0.25) is 5.82 Å².